The summed E-state index contributed by atoms with van der Waals surface area (Å²) in [5.41, 5.74) is 2.22. The predicted octanol–water partition coefficient (Wildman–Crippen LogP) is 5.17. The fourth-order valence-corrected chi connectivity index (χ4v) is 3.87. The fraction of sp³-hybridized carbons (Fsp3) is 0.167. The third-order valence-corrected chi connectivity index (χ3v) is 5.52. The molecule has 164 valence electrons. The molecule has 0 radical (unpaired) electrons. The Labute approximate surface area is 189 Å². The Kier molecular flexibility index (Phi) is 4.46. The van der Waals surface area contributed by atoms with Crippen molar-refractivity contribution in [3.8, 4) is 11.5 Å². The third kappa shape index (κ3) is 3.43. The number of anilines is 4. The van der Waals surface area contributed by atoms with E-state index in [4.69, 9.17) is 19.4 Å². The van der Waals surface area contributed by atoms with Gasteiger partial charge in [0, 0.05) is 29.4 Å². The van der Waals surface area contributed by atoms with Gasteiger partial charge in [-0.15, -0.1) is 0 Å². The first-order chi connectivity index (χ1) is 16.2. The molecule has 9 nitrogen and oxygen atoms in total. The average Bonchev–Trinajstić information content (AvgIpc) is 3.46. The Morgan fingerprint density at radius 2 is 1.79 bits per heavy atom. The van der Waals surface area contributed by atoms with Crippen molar-refractivity contribution in [3.63, 3.8) is 0 Å². The van der Waals surface area contributed by atoms with Crippen LogP contribution in [0.25, 0.3) is 21.9 Å². The largest absolute Gasteiger partial charge is 0.454 e. The second-order valence-corrected chi connectivity index (χ2v) is 8.01. The zero-order valence-electron chi connectivity index (χ0n) is 18.1. The molecule has 0 spiro atoms. The molecule has 0 atom stereocenters. The van der Waals surface area contributed by atoms with E-state index in [9.17, 15) is 0 Å². The minimum Gasteiger partial charge on any atom is -0.454 e. The minimum atomic E-state index is 0.187. The van der Waals surface area contributed by atoms with Crippen LogP contribution in [0.3, 0.4) is 0 Å². The van der Waals surface area contributed by atoms with Crippen LogP contribution in [0.1, 0.15) is 19.9 Å². The van der Waals surface area contributed by atoms with Gasteiger partial charge in [0.25, 0.3) is 0 Å². The van der Waals surface area contributed by atoms with Crippen molar-refractivity contribution in [2.24, 2.45) is 0 Å². The molecule has 33 heavy (non-hydrogen) atoms. The Morgan fingerprint density at radius 3 is 2.70 bits per heavy atom. The quantitative estimate of drug-likeness (QED) is 0.387. The van der Waals surface area contributed by atoms with Crippen LogP contribution in [0.4, 0.5) is 23.3 Å². The summed E-state index contributed by atoms with van der Waals surface area (Å²) in [7, 11) is 0. The van der Waals surface area contributed by atoms with Crippen LogP contribution in [0.15, 0.2) is 61.1 Å². The molecule has 5 aromatic rings. The molecule has 3 aromatic heterocycles. The molecule has 9 heteroatoms. The number of nitrogens with one attached hydrogen (secondary N) is 2. The van der Waals surface area contributed by atoms with Gasteiger partial charge in [-0.3, -0.25) is 0 Å². The topological polar surface area (TPSA) is 99.0 Å². The summed E-state index contributed by atoms with van der Waals surface area (Å²) in [6.07, 6.45) is 3.56. The van der Waals surface area contributed by atoms with Gasteiger partial charge in [0.1, 0.15) is 5.82 Å². The first kappa shape index (κ1) is 19.3. The number of benzene rings is 2. The summed E-state index contributed by atoms with van der Waals surface area (Å²) >= 11 is 0. The summed E-state index contributed by atoms with van der Waals surface area (Å²) in [4.78, 5) is 18.6. The number of imidazole rings is 1. The van der Waals surface area contributed by atoms with E-state index in [1.165, 1.54) is 0 Å². The SMILES string of the molecule is CC(C)n1cnc2c(Nc3ccc4c(c3)OCO4)nc(Nc3nccc4ccccc34)nc21. The molecule has 4 heterocycles. The van der Waals surface area contributed by atoms with Crippen molar-refractivity contribution < 1.29 is 9.47 Å². The number of hydrogen-bond acceptors (Lipinski definition) is 8. The van der Waals surface area contributed by atoms with Crippen molar-refractivity contribution in [2.75, 3.05) is 17.4 Å². The van der Waals surface area contributed by atoms with Gasteiger partial charge in [0.2, 0.25) is 12.7 Å². The zero-order chi connectivity index (χ0) is 22.4. The maximum atomic E-state index is 5.51. The molecule has 1 aliphatic rings. The van der Waals surface area contributed by atoms with Gasteiger partial charge in [-0.25, -0.2) is 9.97 Å². The third-order valence-electron chi connectivity index (χ3n) is 5.52. The van der Waals surface area contributed by atoms with Crippen molar-refractivity contribution >= 4 is 45.2 Å². The van der Waals surface area contributed by atoms with E-state index in [0.717, 1.165) is 27.9 Å². The Hall–Kier alpha value is -4.40. The highest BCUT2D eigenvalue weighted by molar-refractivity contribution is 5.93. The lowest BCUT2D eigenvalue weighted by Crippen LogP contribution is -2.06. The lowest BCUT2D eigenvalue weighted by Gasteiger charge is -2.13. The molecular formula is C24H21N7O2. The van der Waals surface area contributed by atoms with E-state index in [2.05, 4.69) is 34.4 Å². The molecule has 0 fully saturated rings. The van der Waals surface area contributed by atoms with Crippen molar-refractivity contribution in [1.29, 1.82) is 0 Å². The summed E-state index contributed by atoms with van der Waals surface area (Å²) in [6.45, 7) is 4.41. The van der Waals surface area contributed by atoms with Gasteiger partial charge in [0.15, 0.2) is 28.5 Å². The maximum absolute atomic E-state index is 5.51. The van der Waals surface area contributed by atoms with Crippen LogP contribution >= 0.6 is 0 Å². The van der Waals surface area contributed by atoms with E-state index in [-0.39, 0.29) is 12.8 Å². The van der Waals surface area contributed by atoms with E-state index in [1.54, 1.807) is 12.5 Å². The van der Waals surface area contributed by atoms with Crippen molar-refractivity contribution in [2.45, 2.75) is 19.9 Å². The van der Waals surface area contributed by atoms with Gasteiger partial charge < -0.3 is 24.7 Å². The van der Waals surface area contributed by atoms with Gasteiger partial charge >= 0.3 is 0 Å². The molecular weight excluding hydrogens is 418 g/mol. The van der Waals surface area contributed by atoms with Crippen LogP contribution in [-0.4, -0.2) is 31.3 Å². The molecule has 2 N–H and O–H groups in total. The summed E-state index contributed by atoms with van der Waals surface area (Å²) < 4.78 is 12.9. The number of rotatable bonds is 5. The van der Waals surface area contributed by atoms with Crippen LogP contribution < -0.4 is 20.1 Å². The smallest absolute Gasteiger partial charge is 0.232 e. The summed E-state index contributed by atoms with van der Waals surface area (Å²) in [6, 6.07) is 15.9. The monoisotopic (exact) mass is 439 g/mol. The lowest BCUT2D eigenvalue weighted by atomic mass is 10.1. The standard InChI is InChI=1S/C24H21N7O2/c1-14(2)31-12-26-20-22(27-16-7-8-18-19(11-16)33-13-32-18)29-24(30-23(20)31)28-21-17-6-4-3-5-15(17)9-10-25-21/h3-12,14H,13H2,1-2H3,(H2,25,27,28,29,30). The van der Waals surface area contributed by atoms with Gasteiger partial charge in [-0.2, -0.15) is 9.97 Å². The van der Waals surface area contributed by atoms with Crippen molar-refractivity contribution in [1.82, 2.24) is 24.5 Å². The number of fused-ring (bicyclic) bond motifs is 3. The molecule has 0 amide bonds. The number of hydrogen-bond donors (Lipinski definition) is 2. The highest BCUT2D eigenvalue weighted by Gasteiger charge is 2.18. The second kappa shape index (κ2) is 7.63. The zero-order valence-corrected chi connectivity index (χ0v) is 18.1. The Bertz CT molecular complexity index is 1490. The molecule has 0 aliphatic carbocycles. The Balaban J connectivity index is 1.45. The van der Waals surface area contributed by atoms with Crippen molar-refractivity contribution in [3.05, 3.63) is 61.1 Å². The van der Waals surface area contributed by atoms with E-state index >= 15 is 0 Å². The maximum Gasteiger partial charge on any atom is 0.232 e. The van der Waals surface area contributed by atoms with Crippen LogP contribution in [0.2, 0.25) is 0 Å². The highest BCUT2D eigenvalue weighted by atomic mass is 16.7. The molecule has 0 unspecified atom stereocenters. The summed E-state index contributed by atoms with van der Waals surface area (Å²) in [5, 5.41) is 8.75. The van der Waals surface area contributed by atoms with Gasteiger partial charge in [-0.05, 0) is 37.4 Å². The highest BCUT2D eigenvalue weighted by Crippen LogP contribution is 2.36. The predicted molar refractivity (Wildman–Crippen MR) is 127 cm³/mol. The fourth-order valence-electron chi connectivity index (χ4n) is 3.87. The lowest BCUT2D eigenvalue weighted by molar-refractivity contribution is 0.174. The minimum absolute atomic E-state index is 0.187. The molecule has 0 bridgehead atoms. The van der Waals surface area contributed by atoms with E-state index in [1.807, 2.05) is 53.1 Å². The number of pyridine rings is 1. The summed E-state index contributed by atoms with van der Waals surface area (Å²) in [5.74, 6) is 3.12. The second-order valence-electron chi connectivity index (χ2n) is 8.01. The first-order valence-corrected chi connectivity index (χ1v) is 10.7. The number of nitrogens with zero attached hydrogens (tertiary/aromatic N) is 5. The molecule has 2 aromatic carbocycles. The molecule has 6 rings (SSSR count). The molecule has 1 aliphatic heterocycles. The van der Waals surface area contributed by atoms with Crippen LogP contribution in [0, 0.1) is 0 Å². The molecule has 0 saturated heterocycles. The van der Waals surface area contributed by atoms with Gasteiger partial charge in [0.05, 0.1) is 6.33 Å². The first-order valence-electron chi connectivity index (χ1n) is 10.7. The van der Waals surface area contributed by atoms with Crippen LogP contribution in [0.5, 0.6) is 11.5 Å². The average molecular weight is 439 g/mol. The van der Waals surface area contributed by atoms with E-state index < -0.39 is 0 Å². The number of aromatic nitrogens is 5. The number of ether oxygens (including phenoxy) is 2. The molecule has 0 saturated carbocycles. The van der Waals surface area contributed by atoms with Crippen LogP contribution in [-0.2, 0) is 0 Å². The van der Waals surface area contributed by atoms with E-state index in [0.29, 0.717) is 28.9 Å². The Morgan fingerprint density at radius 1 is 0.909 bits per heavy atom. The van der Waals surface area contributed by atoms with Gasteiger partial charge in [-0.1, -0.05) is 24.3 Å². The normalized spacial score (nSPS) is 12.6.